The fraction of sp³-hybridized carbons (Fsp3) is 0.364. The molecular weight excluding hydrogens is 412 g/mol. The Morgan fingerprint density at radius 3 is 2.42 bits per heavy atom. The first-order chi connectivity index (χ1) is 14.6. The van der Waals surface area contributed by atoms with Crippen LogP contribution in [0.4, 0.5) is 33.7 Å². The van der Waals surface area contributed by atoms with Crippen LogP contribution in [-0.2, 0) is 6.18 Å². The SMILES string of the molecule is CC(C)C1CN(C(=O)Nc2ccc(F)cc2)CCN1c1ccc(C#N)c(C(F)(F)F)c1. The maximum Gasteiger partial charge on any atom is 0.417 e. The van der Waals surface area contributed by atoms with Crippen molar-refractivity contribution in [2.45, 2.75) is 26.1 Å². The Morgan fingerprint density at radius 1 is 1.16 bits per heavy atom. The number of urea groups is 1. The van der Waals surface area contributed by atoms with Crippen molar-refractivity contribution < 1.29 is 22.4 Å². The summed E-state index contributed by atoms with van der Waals surface area (Å²) in [6, 6.07) is 10.1. The molecule has 31 heavy (non-hydrogen) atoms. The predicted molar refractivity (Wildman–Crippen MR) is 109 cm³/mol. The second kappa shape index (κ2) is 8.84. The van der Waals surface area contributed by atoms with Gasteiger partial charge >= 0.3 is 12.2 Å². The monoisotopic (exact) mass is 434 g/mol. The zero-order chi connectivity index (χ0) is 22.8. The molecule has 0 radical (unpaired) electrons. The van der Waals surface area contributed by atoms with Crippen molar-refractivity contribution in [3.05, 3.63) is 59.4 Å². The Bertz CT molecular complexity index is 982. The van der Waals surface area contributed by atoms with Gasteiger partial charge < -0.3 is 15.1 Å². The van der Waals surface area contributed by atoms with Gasteiger partial charge in [0, 0.05) is 37.1 Å². The standard InChI is InChI=1S/C22H22F4N4O/c1-14(2)20-13-29(21(31)28-17-6-4-16(23)5-7-17)9-10-30(20)18-8-3-15(12-27)19(11-18)22(24,25)26/h3-8,11,14,20H,9-10,13H2,1-2H3,(H,28,31). The van der Waals surface area contributed by atoms with E-state index in [9.17, 15) is 22.4 Å². The molecule has 1 unspecified atom stereocenters. The number of hydrogen-bond donors (Lipinski definition) is 1. The van der Waals surface area contributed by atoms with E-state index < -0.39 is 23.1 Å². The molecule has 1 atom stereocenters. The smallest absolute Gasteiger partial charge is 0.365 e. The number of nitriles is 1. The maximum atomic E-state index is 13.4. The van der Waals surface area contributed by atoms with E-state index in [0.717, 1.165) is 6.07 Å². The molecule has 0 saturated carbocycles. The minimum Gasteiger partial charge on any atom is -0.365 e. The topological polar surface area (TPSA) is 59.4 Å². The molecule has 5 nitrogen and oxygen atoms in total. The van der Waals surface area contributed by atoms with Crippen LogP contribution in [0, 0.1) is 23.1 Å². The molecule has 1 heterocycles. The number of amides is 2. The van der Waals surface area contributed by atoms with Gasteiger partial charge in [0.05, 0.1) is 17.2 Å². The number of alkyl halides is 3. The Morgan fingerprint density at radius 2 is 1.84 bits per heavy atom. The molecule has 1 N–H and O–H groups in total. The number of piperazine rings is 1. The summed E-state index contributed by atoms with van der Waals surface area (Å²) < 4.78 is 53.2. The van der Waals surface area contributed by atoms with E-state index in [-0.39, 0.29) is 18.0 Å². The summed E-state index contributed by atoms with van der Waals surface area (Å²) in [5, 5.41) is 11.7. The molecule has 164 valence electrons. The van der Waals surface area contributed by atoms with Crippen molar-refractivity contribution >= 4 is 17.4 Å². The number of carbonyl (C=O) groups is 1. The van der Waals surface area contributed by atoms with Gasteiger partial charge in [0.15, 0.2) is 0 Å². The average Bonchev–Trinajstić information content (AvgIpc) is 2.73. The fourth-order valence-electron chi connectivity index (χ4n) is 3.66. The molecular formula is C22H22F4N4O. The third-order valence-corrected chi connectivity index (χ3v) is 5.33. The second-order valence-electron chi connectivity index (χ2n) is 7.73. The molecule has 2 aromatic rings. The van der Waals surface area contributed by atoms with Crippen LogP contribution >= 0.6 is 0 Å². The van der Waals surface area contributed by atoms with Crippen LogP contribution < -0.4 is 10.2 Å². The average molecular weight is 434 g/mol. The zero-order valence-corrected chi connectivity index (χ0v) is 17.1. The summed E-state index contributed by atoms with van der Waals surface area (Å²) >= 11 is 0. The minimum atomic E-state index is -4.63. The number of rotatable bonds is 3. The van der Waals surface area contributed by atoms with E-state index in [1.165, 1.54) is 36.4 Å². The number of halogens is 4. The van der Waals surface area contributed by atoms with Gasteiger partial charge in [-0.15, -0.1) is 0 Å². The number of hydrogen-bond acceptors (Lipinski definition) is 3. The Labute approximate surface area is 177 Å². The molecule has 1 aliphatic heterocycles. The van der Waals surface area contributed by atoms with Gasteiger partial charge in [0.1, 0.15) is 5.82 Å². The number of nitrogens with one attached hydrogen (secondary N) is 1. The highest BCUT2D eigenvalue weighted by molar-refractivity contribution is 5.89. The van der Waals surface area contributed by atoms with Gasteiger partial charge in [-0.2, -0.15) is 18.4 Å². The number of nitrogens with zero attached hydrogens (tertiary/aromatic N) is 3. The van der Waals surface area contributed by atoms with Crippen LogP contribution in [0.1, 0.15) is 25.0 Å². The van der Waals surface area contributed by atoms with Crippen LogP contribution in [0.15, 0.2) is 42.5 Å². The lowest BCUT2D eigenvalue weighted by Gasteiger charge is -2.44. The summed E-state index contributed by atoms with van der Waals surface area (Å²) in [5.41, 5.74) is -0.568. The van der Waals surface area contributed by atoms with E-state index in [1.807, 2.05) is 18.7 Å². The Balaban J connectivity index is 1.80. The largest absolute Gasteiger partial charge is 0.417 e. The molecule has 0 spiro atoms. The van der Waals surface area contributed by atoms with Crippen LogP contribution in [-0.4, -0.2) is 36.6 Å². The lowest BCUT2D eigenvalue weighted by Crippen LogP contribution is -2.57. The molecule has 1 fully saturated rings. The van der Waals surface area contributed by atoms with Gasteiger partial charge in [-0.05, 0) is 48.4 Å². The van der Waals surface area contributed by atoms with E-state index >= 15 is 0 Å². The van der Waals surface area contributed by atoms with Crippen molar-refractivity contribution in [1.82, 2.24) is 4.90 Å². The maximum absolute atomic E-state index is 13.4. The number of benzene rings is 2. The molecule has 1 aliphatic rings. The quantitative estimate of drug-likeness (QED) is 0.685. The highest BCUT2D eigenvalue weighted by atomic mass is 19.4. The van der Waals surface area contributed by atoms with Crippen molar-refractivity contribution in [3.63, 3.8) is 0 Å². The molecule has 9 heteroatoms. The Hall–Kier alpha value is -3.28. The number of carbonyl (C=O) groups excluding carboxylic acids is 1. The minimum absolute atomic E-state index is 0.0476. The summed E-state index contributed by atoms with van der Waals surface area (Å²) in [5.74, 6) is -0.362. The third kappa shape index (κ3) is 5.08. The molecule has 3 rings (SSSR count). The first-order valence-electron chi connectivity index (χ1n) is 9.79. The normalized spacial score (nSPS) is 16.9. The second-order valence-corrected chi connectivity index (χ2v) is 7.73. The van der Waals surface area contributed by atoms with Crippen LogP contribution in [0.2, 0.25) is 0 Å². The van der Waals surface area contributed by atoms with Crippen molar-refractivity contribution in [2.24, 2.45) is 5.92 Å². The molecule has 2 aromatic carbocycles. The van der Waals surface area contributed by atoms with Crippen molar-refractivity contribution in [2.75, 3.05) is 29.9 Å². The summed E-state index contributed by atoms with van der Waals surface area (Å²) in [7, 11) is 0. The third-order valence-electron chi connectivity index (χ3n) is 5.33. The lowest BCUT2D eigenvalue weighted by molar-refractivity contribution is -0.137. The highest BCUT2D eigenvalue weighted by Gasteiger charge is 2.36. The van der Waals surface area contributed by atoms with E-state index in [0.29, 0.717) is 31.0 Å². The summed E-state index contributed by atoms with van der Waals surface area (Å²) in [6.07, 6.45) is -4.63. The van der Waals surface area contributed by atoms with Gasteiger partial charge in [-0.3, -0.25) is 0 Å². The fourth-order valence-corrected chi connectivity index (χ4v) is 3.66. The van der Waals surface area contributed by atoms with Gasteiger partial charge in [0.2, 0.25) is 0 Å². The Kier molecular flexibility index (Phi) is 6.39. The van der Waals surface area contributed by atoms with Gasteiger partial charge in [0.25, 0.3) is 0 Å². The zero-order valence-electron chi connectivity index (χ0n) is 17.1. The first-order valence-corrected chi connectivity index (χ1v) is 9.79. The van der Waals surface area contributed by atoms with Crippen LogP contribution in [0.5, 0.6) is 0 Å². The van der Waals surface area contributed by atoms with Gasteiger partial charge in [-0.25, -0.2) is 9.18 Å². The predicted octanol–water partition coefficient (Wildman–Crippen LogP) is 5.09. The molecule has 0 bridgehead atoms. The number of anilines is 2. The molecule has 0 aromatic heterocycles. The van der Waals surface area contributed by atoms with Crippen LogP contribution in [0.3, 0.4) is 0 Å². The molecule has 2 amide bonds. The molecule has 0 aliphatic carbocycles. The molecule has 1 saturated heterocycles. The van der Waals surface area contributed by atoms with E-state index in [2.05, 4.69) is 5.32 Å². The van der Waals surface area contributed by atoms with Crippen molar-refractivity contribution in [1.29, 1.82) is 5.26 Å². The van der Waals surface area contributed by atoms with Crippen LogP contribution in [0.25, 0.3) is 0 Å². The highest BCUT2D eigenvalue weighted by Crippen LogP contribution is 2.36. The summed E-state index contributed by atoms with van der Waals surface area (Å²) in [4.78, 5) is 16.1. The summed E-state index contributed by atoms with van der Waals surface area (Å²) in [6.45, 7) is 4.83. The van der Waals surface area contributed by atoms with Gasteiger partial charge in [-0.1, -0.05) is 13.8 Å². The van der Waals surface area contributed by atoms with E-state index in [1.54, 1.807) is 11.0 Å². The van der Waals surface area contributed by atoms with Crippen molar-refractivity contribution in [3.8, 4) is 6.07 Å². The lowest BCUT2D eigenvalue weighted by atomic mass is 9.97. The van der Waals surface area contributed by atoms with E-state index in [4.69, 9.17) is 5.26 Å². The first kappa shape index (κ1) is 22.4.